The van der Waals surface area contributed by atoms with E-state index in [1.165, 1.54) is 4.46 Å². The first-order valence-electron chi connectivity index (χ1n) is 9.19. The molecule has 4 heteroatoms. The van der Waals surface area contributed by atoms with Crippen molar-refractivity contribution in [2.24, 2.45) is 5.92 Å². The standard InChI is InChI=1S/C21H26O3Se/c1-2-23-21(22)20(16-9-5-3-6-10-16)19-14-13-17(24-19)15-25-18-11-7-4-8-12-18/h4-5,7-9,11-12,16-17H,2-3,6,10,13-15H2,1H3/b20-19+. The minimum atomic E-state index is -0.191. The van der Waals surface area contributed by atoms with E-state index in [4.69, 9.17) is 9.47 Å². The fraction of sp³-hybridized carbons (Fsp3) is 0.476. The Hall–Kier alpha value is -1.51. The van der Waals surface area contributed by atoms with Crippen LogP contribution >= 0.6 is 0 Å². The molecule has 25 heavy (non-hydrogen) atoms. The maximum absolute atomic E-state index is 12.5. The van der Waals surface area contributed by atoms with Crippen LogP contribution in [0.2, 0.25) is 5.32 Å². The Morgan fingerprint density at radius 1 is 1.28 bits per heavy atom. The fourth-order valence-electron chi connectivity index (χ4n) is 3.37. The van der Waals surface area contributed by atoms with E-state index in [1.54, 1.807) is 0 Å². The van der Waals surface area contributed by atoms with Crippen molar-refractivity contribution in [3.8, 4) is 0 Å². The topological polar surface area (TPSA) is 35.5 Å². The number of ether oxygens (including phenoxy) is 2. The molecule has 2 aliphatic rings. The van der Waals surface area contributed by atoms with Crippen LogP contribution in [0.1, 0.15) is 39.0 Å². The van der Waals surface area contributed by atoms with Gasteiger partial charge in [0.2, 0.25) is 0 Å². The Bertz CT molecular complexity index is 636. The molecule has 1 heterocycles. The van der Waals surface area contributed by atoms with E-state index in [9.17, 15) is 4.79 Å². The Labute approximate surface area is 156 Å². The zero-order valence-corrected chi connectivity index (χ0v) is 16.5. The van der Waals surface area contributed by atoms with Crippen LogP contribution in [0, 0.1) is 5.92 Å². The summed E-state index contributed by atoms with van der Waals surface area (Å²) in [4.78, 5) is 12.5. The van der Waals surface area contributed by atoms with E-state index in [-0.39, 0.29) is 18.0 Å². The summed E-state index contributed by atoms with van der Waals surface area (Å²) >= 11 is 0.413. The number of benzene rings is 1. The van der Waals surface area contributed by atoms with Gasteiger partial charge in [0.05, 0.1) is 0 Å². The Kier molecular flexibility index (Phi) is 6.77. The normalized spacial score (nSPS) is 24.7. The van der Waals surface area contributed by atoms with Crippen LogP contribution in [-0.2, 0) is 14.3 Å². The monoisotopic (exact) mass is 406 g/mol. The molecule has 0 spiro atoms. The van der Waals surface area contributed by atoms with Crippen LogP contribution < -0.4 is 4.46 Å². The van der Waals surface area contributed by atoms with Crippen molar-refractivity contribution < 1.29 is 14.3 Å². The first-order chi connectivity index (χ1) is 12.3. The summed E-state index contributed by atoms with van der Waals surface area (Å²) in [6, 6.07) is 10.6. The van der Waals surface area contributed by atoms with Gasteiger partial charge in [-0.15, -0.1) is 0 Å². The molecule has 0 saturated carbocycles. The van der Waals surface area contributed by atoms with Gasteiger partial charge in [-0.25, -0.2) is 0 Å². The molecule has 1 aliphatic heterocycles. The first-order valence-corrected chi connectivity index (χ1v) is 11.3. The molecule has 134 valence electrons. The van der Waals surface area contributed by atoms with Crippen LogP contribution in [0.5, 0.6) is 0 Å². The van der Waals surface area contributed by atoms with Gasteiger partial charge in [0.15, 0.2) is 0 Å². The van der Waals surface area contributed by atoms with Crippen LogP contribution in [0.4, 0.5) is 0 Å². The van der Waals surface area contributed by atoms with Crippen LogP contribution in [-0.4, -0.2) is 33.6 Å². The molecular formula is C21H26O3Se. The molecule has 0 bridgehead atoms. The minimum absolute atomic E-state index is 0.154. The Morgan fingerprint density at radius 2 is 2.12 bits per heavy atom. The van der Waals surface area contributed by atoms with Gasteiger partial charge >= 0.3 is 156 Å². The van der Waals surface area contributed by atoms with E-state index in [0.29, 0.717) is 21.6 Å². The molecule has 1 aromatic rings. The summed E-state index contributed by atoms with van der Waals surface area (Å²) in [5.41, 5.74) is 0.771. The second kappa shape index (κ2) is 9.26. The molecule has 0 aromatic heterocycles. The van der Waals surface area contributed by atoms with Gasteiger partial charge < -0.3 is 0 Å². The quantitative estimate of drug-likeness (QED) is 0.313. The zero-order chi connectivity index (χ0) is 17.5. The Morgan fingerprint density at radius 3 is 2.84 bits per heavy atom. The van der Waals surface area contributed by atoms with Gasteiger partial charge in [0, 0.05) is 0 Å². The molecule has 0 N–H and O–H groups in total. The molecule has 1 saturated heterocycles. The third-order valence-corrected chi connectivity index (χ3v) is 7.00. The molecule has 2 atom stereocenters. The van der Waals surface area contributed by atoms with E-state index < -0.39 is 0 Å². The molecule has 0 radical (unpaired) electrons. The fourth-order valence-corrected chi connectivity index (χ4v) is 5.39. The van der Waals surface area contributed by atoms with Crippen LogP contribution in [0.15, 0.2) is 53.8 Å². The summed E-state index contributed by atoms with van der Waals surface area (Å²) < 4.78 is 13.0. The molecule has 0 amide bonds. The molecular weight excluding hydrogens is 379 g/mol. The summed E-state index contributed by atoms with van der Waals surface area (Å²) in [6.45, 7) is 2.27. The molecule has 3 rings (SSSR count). The van der Waals surface area contributed by atoms with E-state index >= 15 is 0 Å². The van der Waals surface area contributed by atoms with E-state index in [1.807, 2.05) is 6.92 Å². The summed E-state index contributed by atoms with van der Waals surface area (Å²) in [5, 5.41) is 1.05. The second-order valence-electron chi connectivity index (χ2n) is 6.43. The number of carbonyl (C=O) groups excluding carboxylic acids is 1. The predicted molar refractivity (Wildman–Crippen MR) is 101 cm³/mol. The van der Waals surface area contributed by atoms with Crippen LogP contribution in [0.25, 0.3) is 0 Å². The van der Waals surface area contributed by atoms with Crippen LogP contribution in [0.3, 0.4) is 0 Å². The van der Waals surface area contributed by atoms with Crippen molar-refractivity contribution in [2.45, 2.75) is 50.5 Å². The van der Waals surface area contributed by atoms with Crippen molar-refractivity contribution in [2.75, 3.05) is 6.61 Å². The number of rotatable bonds is 6. The molecule has 1 aliphatic carbocycles. The predicted octanol–water partition coefficient (Wildman–Crippen LogP) is 3.79. The number of esters is 1. The van der Waals surface area contributed by atoms with Gasteiger partial charge in [-0.1, -0.05) is 0 Å². The van der Waals surface area contributed by atoms with Crippen molar-refractivity contribution >= 4 is 25.4 Å². The zero-order valence-electron chi connectivity index (χ0n) is 14.8. The molecule has 2 unspecified atom stereocenters. The molecule has 1 fully saturated rings. The van der Waals surface area contributed by atoms with E-state index in [2.05, 4.69) is 42.5 Å². The number of hydrogen-bond acceptors (Lipinski definition) is 3. The average molecular weight is 405 g/mol. The van der Waals surface area contributed by atoms with Gasteiger partial charge in [-0.3, -0.25) is 0 Å². The third kappa shape index (κ3) is 4.99. The third-order valence-electron chi connectivity index (χ3n) is 4.60. The summed E-state index contributed by atoms with van der Waals surface area (Å²) in [6.07, 6.45) is 9.66. The van der Waals surface area contributed by atoms with E-state index in [0.717, 1.165) is 48.8 Å². The molecule has 3 nitrogen and oxygen atoms in total. The Balaban J connectivity index is 1.68. The van der Waals surface area contributed by atoms with Gasteiger partial charge in [0.25, 0.3) is 0 Å². The van der Waals surface area contributed by atoms with Crippen molar-refractivity contribution in [1.29, 1.82) is 0 Å². The van der Waals surface area contributed by atoms with Gasteiger partial charge in [-0.2, -0.15) is 0 Å². The molecule has 1 aromatic carbocycles. The number of hydrogen-bond donors (Lipinski definition) is 0. The van der Waals surface area contributed by atoms with Crippen molar-refractivity contribution in [1.82, 2.24) is 0 Å². The SMILES string of the molecule is CCOC(=O)/C(=C1\CCC(C[Se]c2ccccc2)O1)C1C=CCCC1. The second-order valence-corrected chi connectivity index (χ2v) is 8.72. The summed E-state index contributed by atoms with van der Waals surface area (Å²) in [7, 11) is 0. The van der Waals surface area contributed by atoms with Gasteiger partial charge in [-0.05, 0) is 0 Å². The number of allylic oxidation sites excluding steroid dienone is 3. The average Bonchev–Trinajstić information content (AvgIpc) is 3.11. The van der Waals surface area contributed by atoms with Gasteiger partial charge in [0.1, 0.15) is 0 Å². The number of carbonyl (C=O) groups is 1. The summed E-state index contributed by atoms with van der Waals surface area (Å²) in [5.74, 6) is 0.841. The van der Waals surface area contributed by atoms with Crippen molar-refractivity contribution in [3.63, 3.8) is 0 Å². The maximum atomic E-state index is 12.5. The first kappa shape index (κ1) is 18.3. The van der Waals surface area contributed by atoms with Crippen molar-refractivity contribution in [3.05, 3.63) is 53.8 Å².